The molecular formula is C9H18N4O. The summed E-state index contributed by atoms with van der Waals surface area (Å²) >= 11 is 0. The van der Waals surface area contributed by atoms with Gasteiger partial charge in [-0.3, -0.25) is 0 Å². The lowest BCUT2D eigenvalue weighted by Crippen LogP contribution is -2.22. The van der Waals surface area contributed by atoms with Gasteiger partial charge >= 0.3 is 0 Å². The molecular weight excluding hydrogens is 180 g/mol. The summed E-state index contributed by atoms with van der Waals surface area (Å²) in [6.45, 7) is 6.60. The van der Waals surface area contributed by atoms with Crippen LogP contribution in [0, 0.1) is 6.92 Å². The van der Waals surface area contributed by atoms with Crippen molar-refractivity contribution in [2.75, 3.05) is 17.7 Å². The van der Waals surface area contributed by atoms with Crippen LogP contribution in [0.2, 0.25) is 0 Å². The fourth-order valence-corrected chi connectivity index (χ4v) is 1.26. The standard InChI is InChI=1S/C9H18N4O/c1-4-13-9(11-6(2)5-14)8(10)7(3)12-13/h6,11,14H,4-5,10H2,1-3H3. The van der Waals surface area contributed by atoms with Crippen LogP contribution >= 0.6 is 0 Å². The first-order valence-corrected chi connectivity index (χ1v) is 4.80. The van der Waals surface area contributed by atoms with Crippen molar-refractivity contribution < 1.29 is 5.11 Å². The molecule has 0 aliphatic rings. The molecule has 1 atom stereocenters. The highest BCUT2D eigenvalue weighted by Gasteiger charge is 2.12. The topological polar surface area (TPSA) is 76.1 Å². The van der Waals surface area contributed by atoms with E-state index in [-0.39, 0.29) is 12.6 Å². The van der Waals surface area contributed by atoms with Crippen LogP contribution in [0.1, 0.15) is 19.5 Å². The molecule has 0 aliphatic carbocycles. The van der Waals surface area contributed by atoms with Crippen LogP contribution in [0.5, 0.6) is 0 Å². The number of nitrogens with two attached hydrogens (primary N) is 1. The fraction of sp³-hybridized carbons (Fsp3) is 0.667. The van der Waals surface area contributed by atoms with E-state index in [0.29, 0.717) is 5.69 Å². The Balaban J connectivity index is 2.93. The Morgan fingerprint density at radius 3 is 2.79 bits per heavy atom. The second-order valence-corrected chi connectivity index (χ2v) is 3.39. The van der Waals surface area contributed by atoms with Crippen molar-refractivity contribution in [1.29, 1.82) is 0 Å². The fourth-order valence-electron chi connectivity index (χ4n) is 1.26. The maximum Gasteiger partial charge on any atom is 0.148 e. The van der Waals surface area contributed by atoms with E-state index < -0.39 is 0 Å². The molecule has 5 nitrogen and oxygen atoms in total. The van der Waals surface area contributed by atoms with Crippen LogP contribution in [0.25, 0.3) is 0 Å². The summed E-state index contributed by atoms with van der Waals surface area (Å²) in [7, 11) is 0. The zero-order valence-electron chi connectivity index (χ0n) is 8.91. The molecule has 0 bridgehead atoms. The summed E-state index contributed by atoms with van der Waals surface area (Å²) in [5.74, 6) is 0.798. The Labute approximate surface area is 83.9 Å². The molecule has 1 rings (SSSR count). The molecule has 0 spiro atoms. The van der Waals surface area contributed by atoms with Crippen LogP contribution in [0.15, 0.2) is 0 Å². The van der Waals surface area contributed by atoms with Crippen LogP contribution in [-0.2, 0) is 6.54 Å². The molecule has 0 saturated heterocycles. The zero-order chi connectivity index (χ0) is 10.7. The van der Waals surface area contributed by atoms with Crippen LogP contribution in [-0.4, -0.2) is 27.5 Å². The second-order valence-electron chi connectivity index (χ2n) is 3.39. The first-order valence-electron chi connectivity index (χ1n) is 4.80. The van der Waals surface area contributed by atoms with Gasteiger partial charge in [0.15, 0.2) is 0 Å². The van der Waals surface area contributed by atoms with Crippen molar-refractivity contribution in [1.82, 2.24) is 9.78 Å². The Morgan fingerprint density at radius 2 is 2.29 bits per heavy atom. The number of nitrogen functional groups attached to an aromatic ring is 1. The normalized spacial score (nSPS) is 12.9. The van der Waals surface area contributed by atoms with Gasteiger partial charge in [-0.25, -0.2) is 4.68 Å². The molecule has 0 amide bonds. The number of hydrogen-bond acceptors (Lipinski definition) is 4. The van der Waals surface area contributed by atoms with Crippen LogP contribution in [0.4, 0.5) is 11.5 Å². The van der Waals surface area contributed by atoms with Crippen molar-refractivity contribution >= 4 is 11.5 Å². The van der Waals surface area contributed by atoms with Gasteiger partial charge in [0.05, 0.1) is 18.0 Å². The number of aliphatic hydroxyl groups is 1. The number of nitrogens with zero attached hydrogens (tertiary/aromatic N) is 2. The molecule has 4 N–H and O–H groups in total. The lowest BCUT2D eigenvalue weighted by molar-refractivity contribution is 0.281. The Bertz CT molecular complexity index is 308. The lowest BCUT2D eigenvalue weighted by atomic mass is 10.3. The van der Waals surface area contributed by atoms with E-state index in [4.69, 9.17) is 10.8 Å². The molecule has 0 aromatic carbocycles. The second kappa shape index (κ2) is 4.32. The Hall–Kier alpha value is -1.23. The predicted octanol–water partition coefficient (Wildman–Crippen LogP) is 0.586. The van der Waals surface area contributed by atoms with E-state index in [0.717, 1.165) is 18.1 Å². The smallest absolute Gasteiger partial charge is 0.148 e. The van der Waals surface area contributed by atoms with Gasteiger partial charge in [0.25, 0.3) is 0 Å². The van der Waals surface area contributed by atoms with E-state index >= 15 is 0 Å². The SMILES string of the molecule is CCn1nc(C)c(N)c1NC(C)CO. The number of aliphatic hydroxyl groups excluding tert-OH is 1. The van der Waals surface area contributed by atoms with Crippen molar-refractivity contribution in [3.63, 3.8) is 0 Å². The largest absolute Gasteiger partial charge is 0.394 e. The molecule has 80 valence electrons. The van der Waals surface area contributed by atoms with Gasteiger partial charge in [-0.2, -0.15) is 5.10 Å². The summed E-state index contributed by atoms with van der Waals surface area (Å²) in [4.78, 5) is 0. The first kappa shape index (κ1) is 10.8. The Morgan fingerprint density at radius 1 is 1.64 bits per heavy atom. The maximum atomic E-state index is 8.92. The van der Waals surface area contributed by atoms with Gasteiger partial charge in [0, 0.05) is 12.6 Å². The summed E-state index contributed by atoms with van der Waals surface area (Å²) in [5.41, 5.74) is 7.33. The third kappa shape index (κ3) is 1.98. The molecule has 0 radical (unpaired) electrons. The van der Waals surface area contributed by atoms with Gasteiger partial charge < -0.3 is 16.2 Å². The molecule has 1 unspecified atom stereocenters. The third-order valence-electron chi connectivity index (χ3n) is 2.13. The molecule has 0 saturated carbocycles. The minimum absolute atomic E-state index is 0.0151. The molecule has 0 fully saturated rings. The third-order valence-corrected chi connectivity index (χ3v) is 2.13. The average Bonchev–Trinajstić information content (AvgIpc) is 2.45. The average molecular weight is 198 g/mol. The zero-order valence-corrected chi connectivity index (χ0v) is 8.91. The van der Waals surface area contributed by atoms with E-state index in [1.165, 1.54) is 0 Å². The van der Waals surface area contributed by atoms with Crippen LogP contribution in [0.3, 0.4) is 0 Å². The van der Waals surface area contributed by atoms with Gasteiger partial charge in [-0.1, -0.05) is 0 Å². The van der Waals surface area contributed by atoms with Gasteiger partial charge in [-0.05, 0) is 20.8 Å². The number of aromatic nitrogens is 2. The molecule has 5 heteroatoms. The van der Waals surface area contributed by atoms with Gasteiger partial charge in [-0.15, -0.1) is 0 Å². The van der Waals surface area contributed by atoms with Crippen molar-refractivity contribution in [3.05, 3.63) is 5.69 Å². The minimum atomic E-state index is -0.0151. The highest BCUT2D eigenvalue weighted by atomic mass is 16.3. The van der Waals surface area contributed by atoms with E-state index in [1.807, 2.05) is 20.8 Å². The Kier molecular flexibility index (Phi) is 3.35. The van der Waals surface area contributed by atoms with E-state index in [1.54, 1.807) is 4.68 Å². The highest BCUT2D eigenvalue weighted by Crippen LogP contribution is 2.22. The molecule has 0 aliphatic heterocycles. The summed E-state index contributed by atoms with van der Waals surface area (Å²) in [6, 6.07) is -0.0151. The monoisotopic (exact) mass is 198 g/mol. The number of nitrogens with one attached hydrogen (secondary N) is 1. The van der Waals surface area contributed by atoms with Gasteiger partial charge in [0.1, 0.15) is 5.82 Å². The van der Waals surface area contributed by atoms with E-state index in [2.05, 4.69) is 10.4 Å². The molecule has 14 heavy (non-hydrogen) atoms. The summed E-state index contributed by atoms with van der Waals surface area (Å²) in [6.07, 6.45) is 0. The van der Waals surface area contributed by atoms with Crippen molar-refractivity contribution in [3.8, 4) is 0 Å². The molecule has 1 aromatic heterocycles. The van der Waals surface area contributed by atoms with Gasteiger partial charge in [0.2, 0.25) is 0 Å². The van der Waals surface area contributed by atoms with Crippen LogP contribution < -0.4 is 11.1 Å². The number of rotatable bonds is 4. The number of anilines is 2. The van der Waals surface area contributed by atoms with E-state index in [9.17, 15) is 0 Å². The highest BCUT2D eigenvalue weighted by molar-refractivity contribution is 5.65. The van der Waals surface area contributed by atoms with Crippen molar-refractivity contribution in [2.24, 2.45) is 0 Å². The lowest BCUT2D eigenvalue weighted by Gasteiger charge is -2.13. The number of aryl methyl sites for hydroxylation is 2. The maximum absolute atomic E-state index is 8.92. The van der Waals surface area contributed by atoms with Crippen molar-refractivity contribution in [2.45, 2.75) is 33.4 Å². The first-order chi connectivity index (χ1) is 6.60. The molecule has 1 heterocycles. The summed E-state index contributed by atoms with van der Waals surface area (Å²) < 4.78 is 1.80. The predicted molar refractivity (Wildman–Crippen MR) is 57.2 cm³/mol. The summed E-state index contributed by atoms with van der Waals surface area (Å²) in [5, 5.41) is 16.3. The minimum Gasteiger partial charge on any atom is -0.394 e. The quantitative estimate of drug-likeness (QED) is 0.661. The number of hydrogen-bond donors (Lipinski definition) is 3. The molecule has 1 aromatic rings.